The van der Waals surface area contributed by atoms with Crippen LogP contribution in [0.3, 0.4) is 0 Å². The van der Waals surface area contributed by atoms with E-state index in [1.807, 2.05) is 43.3 Å². The minimum absolute atomic E-state index is 0.0115. The molecule has 1 aromatic carbocycles. The molecule has 0 aliphatic rings. The maximum atomic E-state index is 12.6. The van der Waals surface area contributed by atoms with Crippen LogP contribution in [-0.4, -0.2) is 16.7 Å². The lowest BCUT2D eigenvalue weighted by molar-refractivity contribution is 0.412. The normalized spacial score (nSPS) is 10.9. The van der Waals surface area contributed by atoms with Crippen molar-refractivity contribution in [3.05, 3.63) is 68.7 Å². The Labute approximate surface area is 136 Å². The SMILES string of the molecule is COc1cc2c(cc1Br)cc(C)c(=O)n2Cc1ccccn1. The maximum absolute atomic E-state index is 12.6. The van der Waals surface area contributed by atoms with E-state index >= 15 is 0 Å². The van der Waals surface area contributed by atoms with Gasteiger partial charge >= 0.3 is 0 Å². The van der Waals surface area contributed by atoms with Gasteiger partial charge in [-0.05, 0) is 47.1 Å². The van der Waals surface area contributed by atoms with Crippen molar-refractivity contribution in [3.63, 3.8) is 0 Å². The van der Waals surface area contributed by atoms with E-state index in [4.69, 9.17) is 4.74 Å². The first kappa shape index (κ1) is 14.8. The zero-order valence-corrected chi connectivity index (χ0v) is 13.9. The smallest absolute Gasteiger partial charge is 0.254 e. The van der Waals surface area contributed by atoms with Gasteiger partial charge in [-0.25, -0.2) is 0 Å². The van der Waals surface area contributed by atoms with Crippen molar-refractivity contribution in [2.45, 2.75) is 13.5 Å². The molecule has 0 saturated carbocycles. The van der Waals surface area contributed by atoms with Gasteiger partial charge in [0.05, 0.1) is 29.3 Å². The molecule has 3 aromatic rings. The van der Waals surface area contributed by atoms with Crippen LogP contribution in [0.4, 0.5) is 0 Å². The average Bonchev–Trinajstić information content (AvgIpc) is 2.52. The van der Waals surface area contributed by atoms with Gasteiger partial charge in [0.2, 0.25) is 0 Å². The summed E-state index contributed by atoms with van der Waals surface area (Å²) in [5.74, 6) is 0.700. The number of aryl methyl sites for hydroxylation is 1. The number of ether oxygens (including phenoxy) is 1. The number of hydrogen-bond donors (Lipinski definition) is 0. The topological polar surface area (TPSA) is 44.1 Å². The molecule has 0 N–H and O–H groups in total. The lowest BCUT2D eigenvalue weighted by Crippen LogP contribution is -2.23. The van der Waals surface area contributed by atoms with Crippen molar-refractivity contribution in [2.24, 2.45) is 0 Å². The van der Waals surface area contributed by atoms with E-state index < -0.39 is 0 Å². The molecule has 0 spiro atoms. The Morgan fingerprint density at radius 1 is 1.27 bits per heavy atom. The second-order valence-corrected chi connectivity index (χ2v) is 5.94. The molecule has 0 unspecified atom stereocenters. The molecule has 2 heterocycles. The molecule has 4 nitrogen and oxygen atoms in total. The van der Waals surface area contributed by atoms with Gasteiger partial charge in [-0.1, -0.05) is 6.07 Å². The number of nitrogens with zero attached hydrogens (tertiary/aromatic N) is 2. The highest BCUT2D eigenvalue weighted by molar-refractivity contribution is 9.10. The first-order valence-electron chi connectivity index (χ1n) is 6.88. The minimum Gasteiger partial charge on any atom is -0.495 e. The number of methoxy groups -OCH3 is 1. The van der Waals surface area contributed by atoms with Gasteiger partial charge in [-0.3, -0.25) is 9.78 Å². The van der Waals surface area contributed by atoms with Gasteiger partial charge in [0.1, 0.15) is 5.75 Å². The van der Waals surface area contributed by atoms with Crippen LogP contribution >= 0.6 is 15.9 Å². The van der Waals surface area contributed by atoms with E-state index in [1.165, 1.54) is 0 Å². The fraction of sp³-hybridized carbons (Fsp3) is 0.176. The van der Waals surface area contributed by atoms with Gasteiger partial charge in [0, 0.05) is 23.2 Å². The van der Waals surface area contributed by atoms with Gasteiger partial charge < -0.3 is 9.30 Å². The Kier molecular flexibility index (Phi) is 3.98. The molecule has 0 aliphatic heterocycles. The van der Waals surface area contributed by atoms with Crippen LogP contribution in [-0.2, 0) is 6.54 Å². The molecule has 0 aliphatic carbocycles. The third-order valence-electron chi connectivity index (χ3n) is 3.59. The zero-order chi connectivity index (χ0) is 15.7. The van der Waals surface area contributed by atoms with Crippen LogP contribution in [0.1, 0.15) is 11.3 Å². The molecule has 0 atom stereocenters. The monoisotopic (exact) mass is 358 g/mol. The summed E-state index contributed by atoms with van der Waals surface area (Å²) in [6.07, 6.45) is 1.73. The van der Waals surface area contributed by atoms with Crippen molar-refractivity contribution in [1.29, 1.82) is 0 Å². The van der Waals surface area contributed by atoms with Crippen LogP contribution in [0, 0.1) is 6.92 Å². The number of aromatic nitrogens is 2. The summed E-state index contributed by atoms with van der Waals surface area (Å²) >= 11 is 3.49. The van der Waals surface area contributed by atoms with Crippen molar-refractivity contribution in [1.82, 2.24) is 9.55 Å². The summed E-state index contributed by atoms with van der Waals surface area (Å²) in [6.45, 7) is 2.26. The summed E-state index contributed by atoms with van der Waals surface area (Å²) in [6, 6.07) is 11.4. The second kappa shape index (κ2) is 5.93. The molecule has 2 aromatic heterocycles. The largest absolute Gasteiger partial charge is 0.495 e. The van der Waals surface area contributed by atoms with Crippen LogP contribution in [0.2, 0.25) is 0 Å². The Balaban J connectivity index is 2.26. The van der Waals surface area contributed by atoms with Crippen LogP contribution in [0.5, 0.6) is 5.75 Å². The standard InChI is InChI=1S/C17H15BrN2O2/c1-11-7-12-8-14(18)16(22-2)9-15(12)20(17(11)21)10-13-5-3-4-6-19-13/h3-9H,10H2,1-2H3. The molecule has 5 heteroatoms. The average molecular weight is 359 g/mol. The fourth-order valence-corrected chi connectivity index (χ4v) is 3.01. The molecular formula is C17H15BrN2O2. The van der Waals surface area contributed by atoms with E-state index in [-0.39, 0.29) is 5.56 Å². The van der Waals surface area contributed by atoms with Gasteiger partial charge in [-0.2, -0.15) is 0 Å². The molecule has 0 bridgehead atoms. The van der Waals surface area contributed by atoms with Crippen molar-refractivity contribution in [2.75, 3.05) is 7.11 Å². The summed E-state index contributed by atoms with van der Waals surface area (Å²) in [5.41, 5.74) is 2.38. The van der Waals surface area contributed by atoms with E-state index in [1.54, 1.807) is 17.9 Å². The maximum Gasteiger partial charge on any atom is 0.254 e. The highest BCUT2D eigenvalue weighted by atomic mass is 79.9. The molecule has 0 saturated heterocycles. The summed E-state index contributed by atoms with van der Waals surface area (Å²) in [4.78, 5) is 16.9. The zero-order valence-electron chi connectivity index (χ0n) is 12.3. The number of benzene rings is 1. The highest BCUT2D eigenvalue weighted by Crippen LogP contribution is 2.30. The predicted molar refractivity (Wildman–Crippen MR) is 90.5 cm³/mol. The first-order valence-corrected chi connectivity index (χ1v) is 7.67. The molecular weight excluding hydrogens is 344 g/mol. The summed E-state index contributed by atoms with van der Waals surface area (Å²) < 4.78 is 7.95. The third-order valence-corrected chi connectivity index (χ3v) is 4.21. The molecule has 0 amide bonds. The van der Waals surface area contributed by atoms with Gasteiger partial charge in [0.15, 0.2) is 0 Å². The number of hydrogen-bond acceptors (Lipinski definition) is 3. The molecule has 0 fully saturated rings. The Hall–Kier alpha value is -2.14. The number of rotatable bonds is 3. The number of pyridine rings is 2. The molecule has 22 heavy (non-hydrogen) atoms. The molecule has 112 valence electrons. The Morgan fingerprint density at radius 2 is 2.09 bits per heavy atom. The fourth-order valence-electron chi connectivity index (χ4n) is 2.49. The van der Waals surface area contributed by atoms with E-state index in [0.717, 1.165) is 21.1 Å². The number of halogens is 1. The second-order valence-electron chi connectivity index (χ2n) is 5.09. The highest BCUT2D eigenvalue weighted by Gasteiger charge is 2.11. The van der Waals surface area contributed by atoms with Crippen molar-refractivity contribution >= 4 is 26.8 Å². The van der Waals surface area contributed by atoms with E-state index in [2.05, 4.69) is 20.9 Å². The van der Waals surface area contributed by atoms with Crippen LogP contribution in [0.25, 0.3) is 10.9 Å². The van der Waals surface area contributed by atoms with Crippen molar-refractivity contribution in [3.8, 4) is 5.75 Å². The third kappa shape index (κ3) is 2.64. The van der Waals surface area contributed by atoms with Gasteiger partial charge in [0.25, 0.3) is 5.56 Å². The number of fused-ring (bicyclic) bond motifs is 1. The van der Waals surface area contributed by atoms with Crippen molar-refractivity contribution < 1.29 is 4.74 Å². The van der Waals surface area contributed by atoms with E-state index in [9.17, 15) is 4.79 Å². The Morgan fingerprint density at radius 3 is 2.77 bits per heavy atom. The lowest BCUT2D eigenvalue weighted by Gasteiger charge is -2.13. The van der Waals surface area contributed by atoms with Gasteiger partial charge in [-0.15, -0.1) is 0 Å². The quantitative estimate of drug-likeness (QED) is 0.719. The predicted octanol–water partition coefficient (Wildman–Crippen LogP) is 3.52. The molecule has 3 rings (SSSR count). The minimum atomic E-state index is -0.0115. The van der Waals surface area contributed by atoms with Crippen LogP contribution < -0.4 is 10.3 Å². The first-order chi connectivity index (χ1) is 10.6. The molecule has 0 radical (unpaired) electrons. The Bertz CT molecular complexity index is 889. The lowest BCUT2D eigenvalue weighted by atomic mass is 10.1. The van der Waals surface area contributed by atoms with E-state index in [0.29, 0.717) is 17.9 Å². The van der Waals surface area contributed by atoms with Crippen LogP contribution in [0.15, 0.2) is 51.9 Å². The summed E-state index contributed by atoms with van der Waals surface area (Å²) in [7, 11) is 1.61. The summed E-state index contributed by atoms with van der Waals surface area (Å²) in [5, 5.41) is 0.987.